The van der Waals surface area contributed by atoms with Crippen LogP contribution in [0.5, 0.6) is 0 Å². The maximum absolute atomic E-state index is 13.6. The van der Waals surface area contributed by atoms with E-state index in [0.717, 1.165) is 43.0 Å². The van der Waals surface area contributed by atoms with Crippen LogP contribution in [0.3, 0.4) is 0 Å². The van der Waals surface area contributed by atoms with E-state index in [9.17, 15) is 4.21 Å². The Balaban J connectivity index is 2.07. The summed E-state index contributed by atoms with van der Waals surface area (Å²) in [6.07, 6.45) is 0.908. The minimum Gasteiger partial charge on any atom is -0.382 e. The van der Waals surface area contributed by atoms with Gasteiger partial charge >= 0.3 is 0 Å². The molecule has 26 heavy (non-hydrogen) atoms. The highest BCUT2D eigenvalue weighted by molar-refractivity contribution is 8.01. The van der Waals surface area contributed by atoms with E-state index in [1.165, 1.54) is 0 Å². The molecule has 6 heteroatoms. The number of fused-ring (bicyclic) bond motifs is 2. The minimum atomic E-state index is -2.68. The van der Waals surface area contributed by atoms with Crippen molar-refractivity contribution in [2.75, 3.05) is 31.1 Å². The Morgan fingerprint density at radius 1 is 1.27 bits per heavy atom. The second-order valence-electron chi connectivity index (χ2n) is 6.32. The quantitative estimate of drug-likeness (QED) is 0.599. The Morgan fingerprint density at radius 3 is 2.81 bits per heavy atom. The molecule has 0 saturated carbocycles. The average Bonchev–Trinajstić information content (AvgIpc) is 2.70. The van der Waals surface area contributed by atoms with Crippen LogP contribution in [0, 0.1) is 0 Å². The highest BCUT2D eigenvalue weighted by Crippen LogP contribution is 2.40. The first-order chi connectivity index (χ1) is 12.5. The van der Waals surface area contributed by atoms with Crippen molar-refractivity contribution >= 4 is 32.9 Å². The highest BCUT2D eigenvalue weighted by Gasteiger charge is 2.31. The molecule has 2 aromatic carbocycles. The van der Waals surface area contributed by atoms with Crippen LogP contribution in [0.4, 0.5) is 5.69 Å². The van der Waals surface area contributed by atoms with E-state index in [4.69, 9.17) is 16.3 Å². The monoisotopic (exact) mass is 392 g/mol. The summed E-state index contributed by atoms with van der Waals surface area (Å²) in [4.78, 5) is 0.686. The van der Waals surface area contributed by atoms with Crippen LogP contribution in [0.2, 0.25) is 5.02 Å². The topological polar surface area (TPSA) is 41.6 Å². The molecule has 0 radical (unpaired) electrons. The molecule has 140 valence electrons. The number of para-hydroxylation sites is 1. The number of nitrogens with zero attached hydrogens (tertiary/aromatic N) is 1. The largest absolute Gasteiger partial charge is 0.382 e. The van der Waals surface area contributed by atoms with Crippen molar-refractivity contribution in [2.24, 2.45) is 0 Å². The molecule has 0 aromatic heterocycles. The molecule has 2 atom stereocenters. The maximum atomic E-state index is 13.6. The molecule has 0 bridgehead atoms. The zero-order valence-corrected chi connectivity index (χ0v) is 16.8. The Hall–Kier alpha value is -1.53. The van der Waals surface area contributed by atoms with Gasteiger partial charge in [-0.3, -0.25) is 4.31 Å². The van der Waals surface area contributed by atoms with Gasteiger partial charge in [0.15, 0.2) is 0 Å². The molecule has 0 amide bonds. The van der Waals surface area contributed by atoms with Crippen LogP contribution in [0.1, 0.15) is 30.5 Å². The first-order valence-electron chi connectivity index (χ1n) is 8.77. The smallest absolute Gasteiger partial charge is 0.0764 e. The summed E-state index contributed by atoms with van der Waals surface area (Å²) in [7, 11) is -0.851. The van der Waals surface area contributed by atoms with Crippen LogP contribution < -0.4 is 9.62 Å². The van der Waals surface area contributed by atoms with E-state index in [1.807, 2.05) is 44.3 Å². The van der Waals surface area contributed by atoms with Crippen molar-refractivity contribution < 1.29 is 8.95 Å². The number of anilines is 1. The molecular formula is C20H25ClN2O2S. The zero-order chi connectivity index (χ0) is 18.7. The van der Waals surface area contributed by atoms with Crippen LogP contribution in [0.25, 0.3) is 0 Å². The van der Waals surface area contributed by atoms with Crippen LogP contribution in [0.15, 0.2) is 47.4 Å². The van der Waals surface area contributed by atoms with Gasteiger partial charge in [-0.2, -0.15) is 0 Å². The third kappa shape index (κ3) is 3.62. The molecular weight excluding hydrogens is 368 g/mol. The molecule has 4 nitrogen and oxygen atoms in total. The number of nitrogens with one attached hydrogen (secondary N) is 1. The molecule has 1 aliphatic heterocycles. The SMILES string of the molecule is C=S1(=O)c2cc(Cl)ccc2C(NCCCOCC)c2ccccc2N1C. The second kappa shape index (κ2) is 8.01. The predicted octanol–water partition coefficient (Wildman–Crippen LogP) is 3.89. The van der Waals surface area contributed by atoms with E-state index in [1.54, 1.807) is 10.4 Å². The maximum Gasteiger partial charge on any atom is 0.0764 e. The number of hydrogen-bond acceptors (Lipinski definition) is 3. The first-order valence-corrected chi connectivity index (χ1v) is 10.8. The van der Waals surface area contributed by atoms with Gasteiger partial charge in [-0.05, 0) is 55.1 Å². The number of hydrogen-bond donors (Lipinski definition) is 1. The fraction of sp³-hybridized carbons (Fsp3) is 0.350. The standard InChI is InChI=1S/C20H25ClN2O2S/c1-4-25-13-7-12-22-20-16-8-5-6-9-18(16)23(2)26(3,24)19-14-15(21)10-11-17(19)20/h5-6,8-11,14,20,22H,3-4,7,12-13H2,1-2H3. The zero-order valence-electron chi connectivity index (χ0n) is 15.2. The highest BCUT2D eigenvalue weighted by atomic mass is 35.5. The van der Waals surface area contributed by atoms with Crippen molar-refractivity contribution in [3.05, 3.63) is 58.6 Å². The van der Waals surface area contributed by atoms with Crippen LogP contribution >= 0.6 is 11.6 Å². The third-order valence-electron chi connectivity index (χ3n) is 4.68. The first kappa shape index (κ1) is 19.2. The Bertz CT molecular complexity index is 883. The van der Waals surface area contributed by atoms with Crippen molar-refractivity contribution in [2.45, 2.75) is 24.3 Å². The van der Waals surface area contributed by atoms with E-state index >= 15 is 0 Å². The Kier molecular flexibility index (Phi) is 5.92. The summed E-state index contributed by atoms with van der Waals surface area (Å²) < 4.78 is 20.8. The van der Waals surface area contributed by atoms with E-state index in [0.29, 0.717) is 9.92 Å². The van der Waals surface area contributed by atoms with Gasteiger partial charge in [0.2, 0.25) is 0 Å². The molecule has 1 aliphatic rings. The summed E-state index contributed by atoms with van der Waals surface area (Å²) in [5.41, 5.74) is 2.97. The lowest BCUT2D eigenvalue weighted by Crippen LogP contribution is -2.26. The molecule has 3 rings (SSSR count). The molecule has 1 N–H and O–H groups in total. The lowest BCUT2D eigenvalue weighted by Gasteiger charge is -2.24. The summed E-state index contributed by atoms with van der Waals surface area (Å²) in [5, 5.41) is 4.17. The summed E-state index contributed by atoms with van der Waals surface area (Å²) in [5.74, 6) is 4.05. The molecule has 0 fully saturated rings. The fourth-order valence-electron chi connectivity index (χ4n) is 3.30. The van der Waals surface area contributed by atoms with E-state index in [2.05, 4.69) is 17.3 Å². The lowest BCUT2D eigenvalue weighted by molar-refractivity contribution is 0.144. The molecule has 1 heterocycles. The third-order valence-corrected chi connectivity index (χ3v) is 7.04. The summed E-state index contributed by atoms with van der Waals surface area (Å²) in [6, 6.07) is 13.5. The Labute approximate surface area is 161 Å². The van der Waals surface area contributed by atoms with Crippen LogP contribution in [-0.2, 0) is 14.4 Å². The summed E-state index contributed by atoms with van der Waals surface area (Å²) in [6.45, 7) is 4.23. The van der Waals surface area contributed by atoms with Crippen LogP contribution in [-0.4, -0.2) is 36.9 Å². The van der Waals surface area contributed by atoms with Gasteiger partial charge in [-0.25, -0.2) is 4.21 Å². The molecule has 0 aliphatic carbocycles. The van der Waals surface area contributed by atoms with Crippen molar-refractivity contribution in [1.29, 1.82) is 0 Å². The van der Waals surface area contributed by atoms with Gasteiger partial charge in [0.25, 0.3) is 0 Å². The van der Waals surface area contributed by atoms with E-state index in [-0.39, 0.29) is 6.04 Å². The average molecular weight is 393 g/mol. The van der Waals surface area contributed by atoms with Gasteiger partial charge in [0.1, 0.15) is 0 Å². The minimum absolute atomic E-state index is 0.0763. The lowest BCUT2D eigenvalue weighted by atomic mass is 9.97. The number of ether oxygens (including phenoxy) is 1. The molecule has 2 aromatic rings. The van der Waals surface area contributed by atoms with Gasteiger partial charge in [-0.1, -0.05) is 35.9 Å². The summed E-state index contributed by atoms with van der Waals surface area (Å²) >= 11 is 6.22. The molecule has 0 spiro atoms. The normalized spacial score (nSPS) is 21.8. The van der Waals surface area contributed by atoms with Crippen molar-refractivity contribution in [3.8, 4) is 0 Å². The van der Waals surface area contributed by atoms with Gasteiger partial charge in [0.05, 0.1) is 26.3 Å². The van der Waals surface area contributed by atoms with Gasteiger partial charge < -0.3 is 10.1 Å². The van der Waals surface area contributed by atoms with Gasteiger partial charge in [-0.15, -0.1) is 0 Å². The predicted molar refractivity (Wildman–Crippen MR) is 111 cm³/mol. The molecule has 0 saturated heterocycles. The second-order valence-corrected chi connectivity index (χ2v) is 9.02. The number of rotatable bonds is 6. The van der Waals surface area contributed by atoms with Crippen molar-refractivity contribution in [3.63, 3.8) is 0 Å². The van der Waals surface area contributed by atoms with Crippen molar-refractivity contribution in [1.82, 2.24) is 5.32 Å². The number of benzene rings is 2. The number of halogens is 1. The molecule has 2 unspecified atom stereocenters. The van der Waals surface area contributed by atoms with E-state index < -0.39 is 9.71 Å². The Morgan fingerprint density at radius 2 is 2.04 bits per heavy atom. The fourth-order valence-corrected chi connectivity index (χ4v) is 5.18. The van der Waals surface area contributed by atoms with Gasteiger partial charge in [0, 0.05) is 25.3 Å².